The first-order valence-electron chi connectivity index (χ1n) is 8.24. The molecular formula is C16H22FN3O6S. The van der Waals surface area contributed by atoms with Gasteiger partial charge in [0.25, 0.3) is 10.2 Å². The van der Waals surface area contributed by atoms with E-state index in [9.17, 15) is 27.5 Å². The van der Waals surface area contributed by atoms with Crippen LogP contribution in [0.2, 0.25) is 0 Å². The lowest BCUT2D eigenvalue weighted by molar-refractivity contribution is -0.138. The van der Waals surface area contributed by atoms with Crippen molar-refractivity contribution in [3.63, 3.8) is 0 Å². The number of halogens is 1. The number of phenolic OH excluding ortho intramolecular Hbond substituents is 1. The molecule has 0 bridgehead atoms. The predicted octanol–water partition coefficient (Wildman–Crippen LogP) is -0.0784. The molecule has 150 valence electrons. The fourth-order valence-electron chi connectivity index (χ4n) is 2.82. The van der Waals surface area contributed by atoms with E-state index in [1.807, 2.05) is 0 Å². The highest BCUT2D eigenvalue weighted by Gasteiger charge is 2.28. The standard InChI is InChI=1S/C16H22FN3O6S/c1-26-15(23)10-20(27(18,24)25)16-13(17)8-11(9-14(16)22)2-5-19-6-3-12(21)4-7-19/h8-9,22H,2-7,10H2,1H3,(H2,18,24,25). The number of benzene rings is 1. The van der Waals surface area contributed by atoms with Gasteiger partial charge < -0.3 is 14.7 Å². The Morgan fingerprint density at radius 3 is 2.52 bits per heavy atom. The largest absolute Gasteiger partial charge is 0.506 e. The number of phenols is 1. The van der Waals surface area contributed by atoms with Gasteiger partial charge in [-0.2, -0.15) is 8.42 Å². The van der Waals surface area contributed by atoms with Gasteiger partial charge in [-0.15, -0.1) is 0 Å². The summed E-state index contributed by atoms with van der Waals surface area (Å²) in [7, 11) is -3.48. The van der Waals surface area contributed by atoms with Crippen LogP contribution < -0.4 is 9.44 Å². The average Bonchev–Trinajstić information content (AvgIpc) is 2.58. The van der Waals surface area contributed by atoms with Crippen molar-refractivity contribution in [1.82, 2.24) is 4.90 Å². The first kappa shape index (κ1) is 21.1. The molecule has 0 unspecified atom stereocenters. The molecule has 0 spiro atoms. The van der Waals surface area contributed by atoms with Crippen molar-refractivity contribution in [2.75, 3.05) is 37.6 Å². The number of piperidine rings is 1. The number of carbonyl (C=O) groups is 2. The second kappa shape index (κ2) is 8.63. The van der Waals surface area contributed by atoms with Gasteiger partial charge in [0.05, 0.1) is 7.11 Å². The number of ketones is 1. The molecule has 1 fully saturated rings. The maximum Gasteiger partial charge on any atom is 0.326 e. The molecule has 1 aliphatic heterocycles. The second-order valence-electron chi connectivity index (χ2n) is 6.20. The minimum absolute atomic E-state index is 0.216. The number of rotatable bonds is 7. The summed E-state index contributed by atoms with van der Waals surface area (Å²) in [6.07, 6.45) is 1.36. The predicted molar refractivity (Wildman–Crippen MR) is 94.9 cm³/mol. The number of nitrogens with zero attached hydrogens (tertiary/aromatic N) is 2. The third-order valence-electron chi connectivity index (χ3n) is 4.29. The Balaban J connectivity index is 2.19. The molecule has 0 aliphatic carbocycles. The first-order chi connectivity index (χ1) is 12.6. The van der Waals surface area contributed by atoms with Gasteiger partial charge in [-0.25, -0.2) is 13.8 Å². The lowest BCUT2D eigenvalue weighted by atomic mass is 10.1. The van der Waals surface area contributed by atoms with Crippen molar-refractivity contribution < 1.29 is 32.2 Å². The highest BCUT2D eigenvalue weighted by molar-refractivity contribution is 7.90. The van der Waals surface area contributed by atoms with Crippen LogP contribution in [0.25, 0.3) is 0 Å². The molecule has 1 aliphatic rings. The smallest absolute Gasteiger partial charge is 0.326 e. The molecule has 1 heterocycles. The molecule has 27 heavy (non-hydrogen) atoms. The highest BCUT2D eigenvalue weighted by Crippen LogP contribution is 2.33. The zero-order valence-corrected chi connectivity index (χ0v) is 15.7. The number of carbonyl (C=O) groups excluding carboxylic acids is 2. The zero-order valence-electron chi connectivity index (χ0n) is 14.9. The number of Topliss-reactive ketones (excluding diaryl/α,β-unsaturated/α-hetero) is 1. The number of nitrogens with two attached hydrogens (primary N) is 1. The average molecular weight is 403 g/mol. The van der Waals surface area contributed by atoms with E-state index in [1.165, 1.54) is 6.07 Å². The minimum atomic E-state index is -4.52. The molecule has 0 radical (unpaired) electrons. The number of anilines is 1. The van der Waals surface area contributed by atoms with Crippen LogP contribution in [0.3, 0.4) is 0 Å². The third-order valence-corrected chi connectivity index (χ3v) is 5.22. The van der Waals surface area contributed by atoms with Crippen LogP contribution in [0.4, 0.5) is 10.1 Å². The zero-order chi connectivity index (χ0) is 20.2. The van der Waals surface area contributed by atoms with E-state index < -0.39 is 40.0 Å². The van der Waals surface area contributed by atoms with Gasteiger partial charge in [-0.3, -0.25) is 9.59 Å². The van der Waals surface area contributed by atoms with Crippen molar-refractivity contribution >= 4 is 27.6 Å². The van der Waals surface area contributed by atoms with Crippen LogP contribution in [0, 0.1) is 5.82 Å². The Labute approximate surface area is 156 Å². The number of likely N-dealkylation sites (tertiary alicyclic amines) is 1. The van der Waals surface area contributed by atoms with Gasteiger partial charge in [0.15, 0.2) is 5.82 Å². The Morgan fingerprint density at radius 2 is 2.00 bits per heavy atom. The van der Waals surface area contributed by atoms with Crippen LogP contribution in [-0.2, 0) is 31.0 Å². The number of esters is 1. The van der Waals surface area contributed by atoms with E-state index >= 15 is 0 Å². The Kier molecular flexibility index (Phi) is 6.73. The summed E-state index contributed by atoms with van der Waals surface area (Å²) in [5.74, 6) is -2.44. The lowest BCUT2D eigenvalue weighted by Crippen LogP contribution is -2.41. The third kappa shape index (κ3) is 5.62. The molecule has 0 atom stereocenters. The Hall–Kier alpha value is -2.24. The van der Waals surface area contributed by atoms with E-state index in [2.05, 4.69) is 9.64 Å². The summed E-state index contributed by atoms with van der Waals surface area (Å²) in [6.45, 7) is 0.945. The van der Waals surface area contributed by atoms with Crippen molar-refractivity contribution in [1.29, 1.82) is 0 Å². The van der Waals surface area contributed by atoms with E-state index in [0.717, 1.165) is 13.2 Å². The van der Waals surface area contributed by atoms with E-state index in [0.29, 0.717) is 44.5 Å². The maximum absolute atomic E-state index is 14.5. The van der Waals surface area contributed by atoms with E-state index in [4.69, 9.17) is 5.14 Å². The molecule has 9 nitrogen and oxygen atoms in total. The van der Waals surface area contributed by atoms with Gasteiger partial charge in [-0.05, 0) is 24.1 Å². The SMILES string of the molecule is COC(=O)CN(c1c(O)cc(CCN2CCC(=O)CC2)cc1F)S(N)(=O)=O. The number of hydrogen-bond donors (Lipinski definition) is 2. The van der Waals surface area contributed by atoms with Gasteiger partial charge >= 0.3 is 5.97 Å². The molecule has 1 saturated heterocycles. The van der Waals surface area contributed by atoms with E-state index in [-0.39, 0.29) is 10.1 Å². The van der Waals surface area contributed by atoms with Gasteiger partial charge in [0.1, 0.15) is 23.8 Å². The van der Waals surface area contributed by atoms with Crippen molar-refractivity contribution in [3.05, 3.63) is 23.5 Å². The van der Waals surface area contributed by atoms with Crippen LogP contribution >= 0.6 is 0 Å². The second-order valence-corrected chi connectivity index (χ2v) is 7.67. The molecule has 0 saturated carbocycles. The molecule has 0 amide bonds. The van der Waals surface area contributed by atoms with Crippen molar-refractivity contribution in [2.45, 2.75) is 19.3 Å². The van der Waals surface area contributed by atoms with Crippen LogP contribution in [-0.4, -0.2) is 63.5 Å². The number of hydrogen-bond acceptors (Lipinski definition) is 7. The van der Waals surface area contributed by atoms with Crippen LogP contribution in [0.15, 0.2) is 12.1 Å². The molecule has 1 aromatic rings. The van der Waals surface area contributed by atoms with Crippen molar-refractivity contribution in [2.24, 2.45) is 5.14 Å². The summed E-state index contributed by atoms with van der Waals surface area (Å²) < 4.78 is 42.6. The normalized spacial score (nSPS) is 15.6. The summed E-state index contributed by atoms with van der Waals surface area (Å²) in [4.78, 5) is 24.7. The van der Waals surface area contributed by atoms with Crippen molar-refractivity contribution in [3.8, 4) is 5.75 Å². The molecule has 11 heteroatoms. The number of aromatic hydroxyl groups is 1. The lowest BCUT2D eigenvalue weighted by Gasteiger charge is -2.26. The minimum Gasteiger partial charge on any atom is -0.506 e. The van der Waals surface area contributed by atoms with Crippen LogP contribution in [0.5, 0.6) is 5.75 Å². The summed E-state index contributed by atoms with van der Waals surface area (Å²) in [5, 5.41) is 15.2. The van der Waals surface area contributed by atoms with Gasteiger partial charge in [-0.1, -0.05) is 0 Å². The monoisotopic (exact) mass is 403 g/mol. The fraction of sp³-hybridized carbons (Fsp3) is 0.500. The molecule has 3 N–H and O–H groups in total. The first-order valence-corrected chi connectivity index (χ1v) is 9.75. The van der Waals surface area contributed by atoms with Gasteiger partial charge in [0, 0.05) is 32.5 Å². The highest BCUT2D eigenvalue weighted by atomic mass is 32.2. The van der Waals surface area contributed by atoms with Crippen LogP contribution in [0.1, 0.15) is 18.4 Å². The number of methoxy groups -OCH3 is 1. The summed E-state index contributed by atoms with van der Waals surface area (Å²) in [6, 6.07) is 2.31. The molecule has 2 rings (SSSR count). The molecule has 1 aromatic carbocycles. The topological polar surface area (TPSA) is 130 Å². The summed E-state index contributed by atoms with van der Waals surface area (Å²) >= 11 is 0. The maximum atomic E-state index is 14.5. The quantitative estimate of drug-likeness (QED) is 0.609. The fourth-order valence-corrected chi connectivity index (χ4v) is 3.54. The Morgan fingerprint density at radius 1 is 1.37 bits per heavy atom. The van der Waals surface area contributed by atoms with Gasteiger partial charge in [0.2, 0.25) is 0 Å². The molecule has 0 aromatic heterocycles. The summed E-state index contributed by atoms with van der Waals surface area (Å²) in [5.41, 5.74) is -0.270. The Bertz CT molecular complexity index is 796. The van der Waals surface area contributed by atoms with E-state index in [1.54, 1.807) is 0 Å². The number of ether oxygens (including phenoxy) is 1. The molecular weight excluding hydrogens is 381 g/mol.